The molecule has 1 nitrogen and oxygen atoms in total. The first kappa shape index (κ1) is 22.6. The second kappa shape index (κ2) is 8.30. The summed E-state index contributed by atoms with van der Waals surface area (Å²) < 4.78 is 2.68. The Hall–Kier alpha value is -4.40. The van der Waals surface area contributed by atoms with Crippen molar-refractivity contribution >= 4 is 59.3 Å². The van der Waals surface area contributed by atoms with E-state index in [0.717, 1.165) is 5.69 Å². The Kier molecular flexibility index (Phi) is 4.80. The van der Waals surface area contributed by atoms with Crippen LogP contribution in [0.3, 0.4) is 0 Å². The normalized spacial score (nSPS) is 13.6. The van der Waals surface area contributed by atoms with Gasteiger partial charge in [0.2, 0.25) is 0 Å². The van der Waals surface area contributed by atoms with E-state index in [4.69, 9.17) is 0 Å². The fourth-order valence-electron chi connectivity index (χ4n) is 6.47. The maximum absolute atomic E-state index is 2.39. The Morgan fingerprint density at radius 3 is 2.10 bits per heavy atom. The van der Waals surface area contributed by atoms with E-state index in [1.807, 2.05) is 11.3 Å². The molecule has 7 aromatic rings. The van der Waals surface area contributed by atoms with Crippen LogP contribution in [0.2, 0.25) is 0 Å². The van der Waals surface area contributed by atoms with E-state index >= 15 is 0 Å². The van der Waals surface area contributed by atoms with Gasteiger partial charge in [0.1, 0.15) is 0 Å². The number of para-hydroxylation sites is 1. The van der Waals surface area contributed by atoms with Crippen molar-refractivity contribution in [2.45, 2.75) is 19.3 Å². The minimum absolute atomic E-state index is 0.000600. The third-order valence-electron chi connectivity index (χ3n) is 8.42. The quantitative estimate of drug-likeness (QED) is 0.225. The van der Waals surface area contributed by atoms with Gasteiger partial charge in [0.25, 0.3) is 0 Å². The molecule has 0 radical (unpaired) electrons. The summed E-state index contributed by atoms with van der Waals surface area (Å²) in [4.78, 5) is 2.39. The van der Waals surface area contributed by atoms with Gasteiger partial charge in [-0.1, -0.05) is 86.6 Å². The molecule has 0 unspecified atom stereocenters. The molecule has 186 valence electrons. The van der Waals surface area contributed by atoms with E-state index in [1.54, 1.807) is 0 Å². The van der Waals surface area contributed by atoms with Crippen molar-refractivity contribution in [3.63, 3.8) is 0 Å². The van der Waals surface area contributed by atoms with Crippen molar-refractivity contribution in [2.24, 2.45) is 0 Å². The third-order valence-corrected chi connectivity index (χ3v) is 9.55. The van der Waals surface area contributed by atoms with Crippen molar-refractivity contribution in [1.29, 1.82) is 0 Å². The van der Waals surface area contributed by atoms with Gasteiger partial charge in [0.15, 0.2) is 0 Å². The highest BCUT2D eigenvalue weighted by Gasteiger charge is 2.35. The SMILES string of the molecule is CC1(C)c2ccccc2-c2cc(N(c3ccccc3)c3ccc4cc5c(cc4c3)sc3ccccc35)ccc21. The van der Waals surface area contributed by atoms with Crippen molar-refractivity contribution in [3.05, 3.63) is 139 Å². The average molecular weight is 518 g/mol. The summed E-state index contributed by atoms with van der Waals surface area (Å²) in [7, 11) is 0. The predicted molar refractivity (Wildman–Crippen MR) is 169 cm³/mol. The van der Waals surface area contributed by atoms with Crippen molar-refractivity contribution < 1.29 is 0 Å². The number of fused-ring (bicyclic) bond motifs is 7. The Balaban J connectivity index is 1.32. The number of benzene rings is 6. The summed E-state index contributed by atoms with van der Waals surface area (Å²) in [5.41, 5.74) is 8.98. The number of nitrogens with zero attached hydrogens (tertiary/aromatic N) is 1. The van der Waals surface area contributed by atoms with Gasteiger partial charge in [-0.15, -0.1) is 11.3 Å². The smallest absolute Gasteiger partial charge is 0.0468 e. The largest absolute Gasteiger partial charge is 0.310 e. The molecule has 1 heterocycles. The van der Waals surface area contributed by atoms with Crippen molar-refractivity contribution in [3.8, 4) is 11.1 Å². The minimum atomic E-state index is 0.000600. The molecule has 0 saturated heterocycles. The summed E-state index contributed by atoms with van der Waals surface area (Å²) in [5, 5.41) is 5.22. The zero-order valence-electron chi connectivity index (χ0n) is 22.0. The predicted octanol–water partition coefficient (Wildman–Crippen LogP) is 11.0. The first-order chi connectivity index (χ1) is 19.1. The maximum atomic E-state index is 2.39. The van der Waals surface area contributed by atoms with E-state index in [-0.39, 0.29) is 5.41 Å². The first-order valence-electron chi connectivity index (χ1n) is 13.5. The van der Waals surface area contributed by atoms with Crippen LogP contribution >= 0.6 is 11.3 Å². The summed E-state index contributed by atoms with van der Waals surface area (Å²) in [5.74, 6) is 0. The van der Waals surface area contributed by atoms with Crippen LogP contribution in [0.5, 0.6) is 0 Å². The Morgan fingerprint density at radius 2 is 1.21 bits per heavy atom. The molecular weight excluding hydrogens is 490 g/mol. The topological polar surface area (TPSA) is 3.24 Å². The first-order valence-corrected chi connectivity index (χ1v) is 14.3. The van der Waals surface area contributed by atoms with Gasteiger partial charge in [-0.3, -0.25) is 0 Å². The molecule has 0 N–H and O–H groups in total. The monoisotopic (exact) mass is 517 g/mol. The molecule has 0 aliphatic heterocycles. The van der Waals surface area contributed by atoms with E-state index in [9.17, 15) is 0 Å². The lowest BCUT2D eigenvalue weighted by Gasteiger charge is -2.27. The van der Waals surface area contributed by atoms with Gasteiger partial charge in [-0.05, 0) is 87.6 Å². The van der Waals surface area contributed by atoms with E-state index < -0.39 is 0 Å². The van der Waals surface area contributed by atoms with Gasteiger partial charge in [0, 0.05) is 42.6 Å². The molecule has 8 rings (SSSR count). The molecule has 0 amide bonds. The highest BCUT2D eigenvalue weighted by Crippen LogP contribution is 2.50. The van der Waals surface area contributed by atoms with Crippen LogP contribution in [0.25, 0.3) is 42.1 Å². The number of rotatable bonds is 3. The van der Waals surface area contributed by atoms with E-state index in [1.165, 1.54) is 64.6 Å². The standard InChI is InChI=1S/C37H27NS/c1-37(2)33-14-8-6-12-29(33)31-23-28(18-19-34(31)37)38(26-10-4-3-5-11-26)27-17-16-24-21-32-30-13-7-9-15-35(30)39-36(32)22-25(24)20-27/h3-23H,1-2H3. The van der Waals surface area contributed by atoms with Gasteiger partial charge < -0.3 is 4.90 Å². The van der Waals surface area contributed by atoms with Crippen LogP contribution in [0.1, 0.15) is 25.0 Å². The fraction of sp³-hybridized carbons (Fsp3) is 0.0811. The Labute approximate surface area is 232 Å². The van der Waals surface area contributed by atoms with E-state index in [0.29, 0.717) is 0 Å². The molecule has 0 bridgehead atoms. The van der Waals surface area contributed by atoms with Crippen LogP contribution in [-0.4, -0.2) is 0 Å². The zero-order valence-corrected chi connectivity index (χ0v) is 22.8. The number of hydrogen-bond donors (Lipinski definition) is 0. The highest BCUT2D eigenvalue weighted by molar-refractivity contribution is 7.25. The van der Waals surface area contributed by atoms with Gasteiger partial charge in [-0.25, -0.2) is 0 Å². The third kappa shape index (κ3) is 3.38. The molecule has 1 aliphatic rings. The molecule has 6 aromatic carbocycles. The second-order valence-electron chi connectivity index (χ2n) is 11.0. The second-order valence-corrected chi connectivity index (χ2v) is 12.1. The maximum Gasteiger partial charge on any atom is 0.0468 e. The zero-order chi connectivity index (χ0) is 26.1. The summed E-state index contributed by atoms with van der Waals surface area (Å²) in [6.07, 6.45) is 0. The summed E-state index contributed by atoms with van der Waals surface area (Å²) in [6.45, 7) is 4.68. The lowest BCUT2D eigenvalue weighted by atomic mass is 9.82. The van der Waals surface area contributed by atoms with Gasteiger partial charge >= 0.3 is 0 Å². The Morgan fingerprint density at radius 1 is 0.487 bits per heavy atom. The number of hydrogen-bond acceptors (Lipinski definition) is 2. The molecule has 0 saturated carbocycles. The molecule has 0 fully saturated rings. The van der Waals surface area contributed by atoms with Crippen LogP contribution in [0, 0.1) is 0 Å². The van der Waals surface area contributed by atoms with Gasteiger partial charge in [-0.2, -0.15) is 0 Å². The van der Waals surface area contributed by atoms with Crippen LogP contribution in [-0.2, 0) is 5.41 Å². The van der Waals surface area contributed by atoms with Crippen LogP contribution in [0.4, 0.5) is 17.1 Å². The van der Waals surface area contributed by atoms with E-state index in [2.05, 4.69) is 146 Å². The van der Waals surface area contributed by atoms with Crippen molar-refractivity contribution in [1.82, 2.24) is 0 Å². The minimum Gasteiger partial charge on any atom is -0.310 e. The van der Waals surface area contributed by atoms with Gasteiger partial charge in [0.05, 0.1) is 0 Å². The lowest BCUT2D eigenvalue weighted by molar-refractivity contribution is 0.660. The molecule has 0 atom stereocenters. The van der Waals surface area contributed by atoms with Crippen LogP contribution < -0.4 is 4.90 Å². The lowest BCUT2D eigenvalue weighted by Crippen LogP contribution is -2.15. The molecular formula is C37H27NS. The number of anilines is 3. The molecule has 0 spiro atoms. The number of thiophene rings is 1. The summed E-state index contributed by atoms with van der Waals surface area (Å²) >= 11 is 1.88. The molecule has 2 heteroatoms. The summed E-state index contributed by atoms with van der Waals surface area (Å²) in [6, 6.07) is 46.9. The average Bonchev–Trinajstić information content (AvgIpc) is 3.44. The van der Waals surface area contributed by atoms with Crippen molar-refractivity contribution in [2.75, 3.05) is 4.90 Å². The van der Waals surface area contributed by atoms with Crippen LogP contribution in [0.15, 0.2) is 127 Å². The molecule has 1 aliphatic carbocycles. The molecule has 1 aromatic heterocycles. The molecule has 39 heavy (non-hydrogen) atoms. The Bertz CT molecular complexity index is 2050. The fourth-order valence-corrected chi connectivity index (χ4v) is 7.60. The highest BCUT2D eigenvalue weighted by atomic mass is 32.1.